The standard InChI is InChI=1S/C14H27N3OS/c1-12(18)17-9-5-8-16(10-11-17)7-4-6-14(2,3)13(15)19/h4-11H2,1-3H3,(H2,15,19). The largest absolute Gasteiger partial charge is 0.393 e. The minimum Gasteiger partial charge on any atom is -0.393 e. The quantitative estimate of drug-likeness (QED) is 0.780. The number of thiocarbonyl (C=S) groups is 1. The highest BCUT2D eigenvalue weighted by Crippen LogP contribution is 2.22. The predicted molar refractivity (Wildman–Crippen MR) is 83.1 cm³/mol. The Kier molecular flexibility index (Phi) is 6.20. The zero-order valence-electron chi connectivity index (χ0n) is 12.4. The number of rotatable bonds is 5. The molecule has 1 saturated heterocycles. The summed E-state index contributed by atoms with van der Waals surface area (Å²) >= 11 is 5.09. The molecular weight excluding hydrogens is 258 g/mol. The van der Waals surface area contributed by atoms with Gasteiger partial charge in [-0.1, -0.05) is 26.1 Å². The number of nitrogens with zero attached hydrogens (tertiary/aromatic N) is 2. The van der Waals surface area contributed by atoms with Crippen LogP contribution in [0.3, 0.4) is 0 Å². The van der Waals surface area contributed by atoms with Crippen LogP contribution in [-0.2, 0) is 4.79 Å². The summed E-state index contributed by atoms with van der Waals surface area (Å²) in [6.07, 6.45) is 3.19. The van der Waals surface area contributed by atoms with Crippen molar-refractivity contribution in [3.05, 3.63) is 0 Å². The lowest BCUT2D eigenvalue weighted by molar-refractivity contribution is -0.128. The molecule has 1 fully saturated rings. The molecule has 1 amide bonds. The lowest BCUT2D eigenvalue weighted by Gasteiger charge is -2.25. The van der Waals surface area contributed by atoms with Gasteiger partial charge in [-0.05, 0) is 32.4 Å². The maximum absolute atomic E-state index is 11.4. The second-order valence-electron chi connectivity index (χ2n) is 6.05. The van der Waals surface area contributed by atoms with Gasteiger partial charge in [-0.3, -0.25) is 4.79 Å². The minimum atomic E-state index is -0.0490. The molecule has 0 aromatic rings. The zero-order chi connectivity index (χ0) is 14.5. The lowest BCUT2D eigenvalue weighted by Crippen LogP contribution is -2.35. The summed E-state index contributed by atoms with van der Waals surface area (Å²) < 4.78 is 0. The first-order valence-corrected chi connectivity index (χ1v) is 7.51. The molecule has 0 radical (unpaired) electrons. The Bertz CT molecular complexity index is 331. The number of carbonyl (C=O) groups is 1. The van der Waals surface area contributed by atoms with Gasteiger partial charge in [0.15, 0.2) is 0 Å². The van der Waals surface area contributed by atoms with E-state index in [0.717, 1.165) is 52.0 Å². The maximum atomic E-state index is 11.4. The molecular formula is C14H27N3OS. The first kappa shape index (κ1) is 16.4. The molecule has 1 heterocycles. The molecule has 110 valence electrons. The fourth-order valence-electron chi connectivity index (χ4n) is 2.38. The van der Waals surface area contributed by atoms with Crippen molar-refractivity contribution in [1.29, 1.82) is 0 Å². The molecule has 0 atom stereocenters. The van der Waals surface area contributed by atoms with E-state index in [-0.39, 0.29) is 11.3 Å². The van der Waals surface area contributed by atoms with E-state index in [2.05, 4.69) is 18.7 Å². The topological polar surface area (TPSA) is 49.6 Å². The minimum absolute atomic E-state index is 0.0490. The second kappa shape index (κ2) is 7.20. The Balaban J connectivity index is 2.31. The van der Waals surface area contributed by atoms with Crippen molar-refractivity contribution < 1.29 is 4.79 Å². The van der Waals surface area contributed by atoms with Gasteiger partial charge in [0.1, 0.15) is 0 Å². The third-order valence-electron chi connectivity index (χ3n) is 3.98. The van der Waals surface area contributed by atoms with Gasteiger partial charge in [0, 0.05) is 32.0 Å². The highest BCUT2D eigenvalue weighted by molar-refractivity contribution is 7.80. The van der Waals surface area contributed by atoms with Crippen molar-refractivity contribution in [2.24, 2.45) is 11.1 Å². The van der Waals surface area contributed by atoms with E-state index in [0.29, 0.717) is 4.99 Å². The van der Waals surface area contributed by atoms with E-state index in [1.54, 1.807) is 6.92 Å². The van der Waals surface area contributed by atoms with Gasteiger partial charge in [-0.25, -0.2) is 0 Å². The summed E-state index contributed by atoms with van der Waals surface area (Å²) in [5, 5.41) is 0. The van der Waals surface area contributed by atoms with Crippen molar-refractivity contribution in [2.45, 2.75) is 40.0 Å². The van der Waals surface area contributed by atoms with E-state index >= 15 is 0 Å². The number of hydrogen-bond donors (Lipinski definition) is 1. The van der Waals surface area contributed by atoms with Crippen molar-refractivity contribution in [3.8, 4) is 0 Å². The van der Waals surface area contributed by atoms with Gasteiger partial charge >= 0.3 is 0 Å². The molecule has 2 N–H and O–H groups in total. The van der Waals surface area contributed by atoms with E-state index in [4.69, 9.17) is 18.0 Å². The fraction of sp³-hybridized carbons (Fsp3) is 0.857. The third-order valence-corrected chi connectivity index (χ3v) is 4.53. The van der Waals surface area contributed by atoms with Crippen molar-refractivity contribution in [1.82, 2.24) is 9.80 Å². The molecule has 1 rings (SSSR count). The second-order valence-corrected chi connectivity index (χ2v) is 6.49. The fourth-order valence-corrected chi connectivity index (χ4v) is 2.48. The molecule has 0 aromatic carbocycles. The molecule has 1 aliphatic rings. The molecule has 0 unspecified atom stereocenters. The smallest absolute Gasteiger partial charge is 0.219 e. The molecule has 0 saturated carbocycles. The SMILES string of the molecule is CC(=O)N1CCCN(CCCC(C)(C)C(N)=S)CC1. The van der Waals surface area contributed by atoms with E-state index in [9.17, 15) is 4.79 Å². The van der Waals surface area contributed by atoms with Crippen LogP contribution in [-0.4, -0.2) is 53.4 Å². The molecule has 4 nitrogen and oxygen atoms in total. The number of hydrogen-bond acceptors (Lipinski definition) is 3. The lowest BCUT2D eigenvalue weighted by atomic mass is 9.88. The summed E-state index contributed by atoms with van der Waals surface area (Å²) in [5.74, 6) is 0.191. The van der Waals surface area contributed by atoms with Crippen molar-refractivity contribution >= 4 is 23.1 Å². The van der Waals surface area contributed by atoms with Gasteiger partial charge in [-0.2, -0.15) is 0 Å². The van der Waals surface area contributed by atoms with Crippen LogP contribution >= 0.6 is 12.2 Å². The van der Waals surface area contributed by atoms with Gasteiger partial charge in [0.25, 0.3) is 0 Å². The summed E-state index contributed by atoms with van der Waals surface area (Å²) in [4.78, 5) is 16.3. The third kappa shape index (κ3) is 5.45. The van der Waals surface area contributed by atoms with Crippen LogP contribution in [0, 0.1) is 5.41 Å². The molecule has 0 bridgehead atoms. The predicted octanol–water partition coefficient (Wildman–Crippen LogP) is 1.63. The van der Waals surface area contributed by atoms with Crippen molar-refractivity contribution in [2.75, 3.05) is 32.7 Å². The summed E-state index contributed by atoms with van der Waals surface area (Å²) in [6.45, 7) is 10.7. The summed E-state index contributed by atoms with van der Waals surface area (Å²) in [5.41, 5.74) is 5.69. The maximum Gasteiger partial charge on any atom is 0.219 e. The molecule has 1 aliphatic heterocycles. The first-order chi connectivity index (χ1) is 8.83. The molecule has 0 aliphatic carbocycles. The average Bonchev–Trinajstić information content (AvgIpc) is 2.54. The Hall–Kier alpha value is -0.680. The van der Waals surface area contributed by atoms with Gasteiger partial charge in [-0.15, -0.1) is 0 Å². The van der Waals surface area contributed by atoms with Gasteiger partial charge < -0.3 is 15.5 Å². The van der Waals surface area contributed by atoms with E-state index in [1.807, 2.05) is 4.90 Å². The number of amides is 1. The van der Waals surface area contributed by atoms with E-state index < -0.39 is 0 Å². The van der Waals surface area contributed by atoms with Crippen LogP contribution in [0.2, 0.25) is 0 Å². The van der Waals surface area contributed by atoms with Crippen molar-refractivity contribution in [3.63, 3.8) is 0 Å². The van der Waals surface area contributed by atoms with Crippen LogP contribution < -0.4 is 5.73 Å². The number of nitrogens with two attached hydrogens (primary N) is 1. The Labute approximate surface area is 122 Å². The van der Waals surface area contributed by atoms with E-state index in [1.165, 1.54) is 0 Å². The van der Waals surface area contributed by atoms with Crippen LogP contribution in [0.1, 0.15) is 40.0 Å². The average molecular weight is 285 g/mol. The Morgan fingerprint density at radius 1 is 1.26 bits per heavy atom. The first-order valence-electron chi connectivity index (χ1n) is 7.11. The zero-order valence-corrected chi connectivity index (χ0v) is 13.3. The van der Waals surface area contributed by atoms with Crippen LogP contribution in [0.5, 0.6) is 0 Å². The Morgan fingerprint density at radius 2 is 1.95 bits per heavy atom. The molecule has 0 spiro atoms. The van der Waals surface area contributed by atoms with Gasteiger partial charge in [0.05, 0.1) is 4.99 Å². The number of carbonyl (C=O) groups excluding carboxylic acids is 1. The Morgan fingerprint density at radius 3 is 2.53 bits per heavy atom. The normalized spacial score (nSPS) is 18.2. The molecule has 0 aromatic heterocycles. The van der Waals surface area contributed by atoms with Crippen LogP contribution in [0.25, 0.3) is 0 Å². The highest BCUT2D eigenvalue weighted by atomic mass is 32.1. The van der Waals surface area contributed by atoms with Crippen LogP contribution in [0.4, 0.5) is 0 Å². The molecule has 5 heteroatoms. The summed E-state index contributed by atoms with van der Waals surface area (Å²) in [6, 6.07) is 0. The monoisotopic (exact) mass is 285 g/mol. The highest BCUT2D eigenvalue weighted by Gasteiger charge is 2.22. The van der Waals surface area contributed by atoms with Crippen LogP contribution in [0.15, 0.2) is 0 Å². The summed E-state index contributed by atoms with van der Waals surface area (Å²) in [7, 11) is 0. The van der Waals surface area contributed by atoms with Gasteiger partial charge in [0.2, 0.25) is 5.91 Å². The molecule has 19 heavy (non-hydrogen) atoms.